The Bertz CT molecular complexity index is 974. The van der Waals surface area contributed by atoms with E-state index in [4.69, 9.17) is 18.6 Å². The van der Waals surface area contributed by atoms with Gasteiger partial charge in [0.25, 0.3) is 0 Å². The van der Waals surface area contributed by atoms with E-state index >= 15 is 0 Å². The fourth-order valence-corrected chi connectivity index (χ4v) is 2.62. The number of halogens is 2. The van der Waals surface area contributed by atoms with Gasteiger partial charge in [-0.2, -0.15) is 6.20 Å². The number of aromatic nitrogens is 1. The summed E-state index contributed by atoms with van der Waals surface area (Å²) < 4.78 is 0. The Morgan fingerprint density at radius 1 is 0.833 bits per heavy atom. The van der Waals surface area contributed by atoms with Gasteiger partial charge < -0.3 is 4.98 Å². The van der Waals surface area contributed by atoms with Crippen molar-refractivity contribution < 1.29 is 17.0 Å². The molecule has 0 aliphatic rings. The number of hydrogen-bond donors (Lipinski definition) is 0. The van der Waals surface area contributed by atoms with Crippen LogP contribution in [-0.2, 0) is 17.0 Å². The van der Waals surface area contributed by atoms with Gasteiger partial charge in [-0.1, -0.05) is 60.7 Å². The summed E-state index contributed by atoms with van der Waals surface area (Å²) in [6.45, 7) is 0. The van der Waals surface area contributed by atoms with Gasteiger partial charge in [0.1, 0.15) is 0 Å². The monoisotopic (exact) mass is 387 g/mol. The summed E-state index contributed by atoms with van der Waals surface area (Å²) in [5.74, 6) is 0. The van der Waals surface area contributed by atoms with Gasteiger partial charge in [0, 0.05) is 11.6 Å². The molecule has 4 aromatic rings. The van der Waals surface area contributed by atoms with Gasteiger partial charge >= 0.3 is 35.6 Å². The average molecular weight is 388 g/mol. The molecule has 0 aliphatic carbocycles. The molecule has 0 amide bonds. The van der Waals surface area contributed by atoms with Crippen LogP contribution in [0.5, 0.6) is 0 Å². The number of hydrogen-bond acceptors (Lipinski definition) is 1. The molecule has 118 valence electrons. The summed E-state index contributed by atoms with van der Waals surface area (Å²) in [5.41, 5.74) is 3.03. The quantitative estimate of drug-likeness (QED) is 0.302. The average Bonchev–Trinajstić information content (AvgIpc) is 3.10. The number of rotatable bonds is 2. The van der Waals surface area contributed by atoms with E-state index in [2.05, 4.69) is 34.2 Å². The van der Waals surface area contributed by atoms with Crippen molar-refractivity contribution in [2.45, 2.75) is 0 Å². The second-order valence-corrected chi connectivity index (χ2v) is 7.64. The van der Waals surface area contributed by atoms with E-state index in [1.807, 2.05) is 54.9 Å². The molecule has 2 nitrogen and oxygen atoms in total. The first kappa shape index (κ1) is 17.3. The van der Waals surface area contributed by atoms with Crippen LogP contribution in [0.1, 0.15) is 5.56 Å². The Balaban J connectivity index is 0.000000526. The predicted octanol–water partition coefficient (Wildman–Crippen LogP) is 6.08. The topological polar surface area (TPSA) is 26.5 Å². The third-order valence-electron chi connectivity index (χ3n) is 3.67. The molecule has 0 atom stereocenters. The van der Waals surface area contributed by atoms with Crippen molar-refractivity contribution in [2.75, 3.05) is 0 Å². The van der Waals surface area contributed by atoms with Crippen LogP contribution in [0.2, 0.25) is 0 Å². The first-order valence-electron chi connectivity index (χ1n) is 7.32. The van der Waals surface area contributed by atoms with Crippen molar-refractivity contribution in [1.29, 1.82) is 0 Å². The van der Waals surface area contributed by atoms with Crippen molar-refractivity contribution in [3.8, 4) is 0 Å². The summed E-state index contributed by atoms with van der Waals surface area (Å²) >= 11 is -0.556. The molecule has 0 aliphatic heterocycles. The van der Waals surface area contributed by atoms with Gasteiger partial charge in [0.2, 0.25) is 0 Å². The molecule has 0 N–H and O–H groups in total. The molecular formula is C19H13Cl2N2Ti-. The fourth-order valence-electron chi connectivity index (χ4n) is 2.62. The molecule has 0 spiro atoms. The molecule has 4 rings (SSSR count). The summed E-state index contributed by atoms with van der Waals surface area (Å²) in [4.78, 5) is 9.07. The first-order chi connectivity index (χ1) is 11.8. The van der Waals surface area contributed by atoms with Crippen molar-refractivity contribution >= 4 is 52.2 Å². The molecule has 0 saturated carbocycles. The van der Waals surface area contributed by atoms with Crippen LogP contribution in [0.15, 0.2) is 77.9 Å². The van der Waals surface area contributed by atoms with Gasteiger partial charge in [-0.3, -0.25) is 4.99 Å². The minimum atomic E-state index is -0.556. The molecule has 0 saturated heterocycles. The van der Waals surface area contributed by atoms with Crippen LogP contribution in [0.25, 0.3) is 21.7 Å². The molecule has 0 fully saturated rings. The van der Waals surface area contributed by atoms with Crippen LogP contribution >= 0.6 is 18.6 Å². The zero-order valence-corrected chi connectivity index (χ0v) is 15.7. The second-order valence-electron chi connectivity index (χ2n) is 5.06. The Labute approximate surface area is 157 Å². The zero-order valence-electron chi connectivity index (χ0n) is 12.7. The van der Waals surface area contributed by atoms with Gasteiger partial charge in [0.15, 0.2) is 0 Å². The molecule has 5 heteroatoms. The van der Waals surface area contributed by atoms with E-state index in [1.165, 1.54) is 10.8 Å². The maximum absolute atomic E-state index is 4.89. The van der Waals surface area contributed by atoms with Gasteiger partial charge in [-0.05, 0) is 22.4 Å². The van der Waals surface area contributed by atoms with E-state index in [9.17, 15) is 0 Å². The van der Waals surface area contributed by atoms with Gasteiger partial charge in [0.05, 0.1) is 5.69 Å². The van der Waals surface area contributed by atoms with Crippen LogP contribution < -0.4 is 4.98 Å². The van der Waals surface area contributed by atoms with Crippen LogP contribution in [0.3, 0.4) is 0 Å². The second kappa shape index (κ2) is 8.50. The maximum atomic E-state index is 4.89. The standard InChI is InChI=1S/C19H13N2.2ClH.Ti/c1-2-9-17-14(5-1)6-4-10-18(17)21-13-16-8-3-7-15-11-12-20-19(15)16;;;/h1-13H;2*1H;/q-1;;;+2/p-2. The van der Waals surface area contributed by atoms with E-state index < -0.39 is 17.0 Å². The van der Waals surface area contributed by atoms with Crippen molar-refractivity contribution in [1.82, 2.24) is 4.98 Å². The molecule has 0 bridgehead atoms. The Morgan fingerprint density at radius 3 is 2.42 bits per heavy atom. The molecule has 0 radical (unpaired) electrons. The number of nitrogens with zero attached hydrogens (tertiary/aromatic N) is 2. The third kappa shape index (κ3) is 3.90. The fraction of sp³-hybridized carbons (Fsp3) is 0. The Hall–Kier alpha value is -1.58. The molecule has 24 heavy (non-hydrogen) atoms. The SMILES string of the molecule is C(=Nc1cccc2ccccc12)c1cccc2cc[n-]c12.[Cl][Ti][Cl]. The van der Waals surface area contributed by atoms with Crippen LogP contribution in [-0.4, -0.2) is 6.21 Å². The number of benzene rings is 3. The van der Waals surface area contributed by atoms with Crippen LogP contribution in [0.4, 0.5) is 5.69 Å². The zero-order chi connectivity index (χ0) is 16.8. The Kier molecular flexibility index (Phi) is 6.11. The van der Waals surface area contributed by atoms with Gasteiger partial charge in [-0.25, -0.2) is 0 Å². The molecule has 1 aromatic heterocycles. The normalized spacial score (nSPS) is 10.8. The number of para-hydroxylation sites is 1. The van der Waals surface area contributed by atoms with E-state index in [0.29, 0.717) is 0 Å². The summed E-state index contributed by atoms with van der Waals surface area (Å²) in [6.07, 6.45) is 3.73. The predicted molar refractivity (Wildman–Crippen MR) is 100 cm³/mol. The summed E-state index contributed by atoms with van der Waals surface area (Å²) in [6, 6.07) is 22.6. The molecule has 1 heterocycles. The number of aliphatic imine (C=N–C) groups is 1. The summed E-state index contributed by atoms with van der Waals surface area (Å²) in [5, 5.41) is 3.52. The Morgan fingerprint density at radius 2 is 1.54 bits per heavy atom. The van der Waals surface area contributed by atoms with Gasteiger partial charge in [-0.15, -0.1) is 5.52 Å². The molecule has 0 unspecified atom stereocenters. The third-order valence-corrected chi connectivity index (χ3v) is 3.67. The molecular weight excluding hydrogens is 375 g/mol. The van der Waals surface area contributed by atoms with Crippen molar-refractivity contribution in [3.63, 3.8) is 0 Å². The van der Waals surface area contributed by atoms with E-state index in [-0.39, 0.29) is 0 Å². The summed E-state index contributed by atoms with van der Waals surface area (Å²) in [7, 11) is 9.78. The van der Waals surface area contributed by atoms with Crippen LogP contribution in [0, 0.1) is 0 Å². The minimum absolute atomic E-state index is 0.556. The molecule has 3 aromatic carbocycles. The van der Waals surface area contributed by atoms with Crippen molar-refractivity contribution in [2.24, 2.45) is 4.99 Å². The number of fused-ring (bicyclic) bond motifs is 2. The van der Waals surface area contributed by atoms with E-state index in [1.54, 1.807) is 0 Å². The van der Waals surface area contributed by atoms with E-state index in [0.717, 1.165) is 22.2 Å². The van der Waals surface area contributed by atoms with Crippen molar-refractivity contribution in [3.05, 3.63) is 78.5 Å². The first-order valence-corrected chi connectivity index (χ1v) is 11.6.